The minimum Gasteiger partial charge on any atom is -0.334 e. The van der Waals surface area contributed by atoms with E-state index >= 15 is 0 Å². The molecule has 1 atom stereocenters. The Morgan fingerprint density at radius 1 is 1.42 bits per heavy atom. The molecule has 0 bridgehead atoms. The Bertz CT molecular complexity index is 375. The molecule has 2 rings (SSSR count). The minimum atomic E-state index is 0.372. The lowest BCUT2D eigenvalue weighted by molar-refractivity contribution is 0.267. The van der Waals surface area contributed by atoms with Gasteiger partial charge < -0.3 is 9.88 Å². The van der Waals surface area contributed by atoms with Crippen molar-refractivity contribution >= 4 is 0 Å². The molecular weight excluding hydrogens is 234 g/mol. The van der Waals surface area contributed by atoms with Crippen molar-refractivity contribution in [2.45, 2.75) is 65.3 Å². The van der Waals surface area contributed by atoms with E-state index in [1.54, 1.807) is 0 Å². The Balaban J connectivity index is 1.96. The molecule has 0 aromatic carbocycles. The topological polar surface area (TPSA) is 29.9 Å². The zero-order valence-electron chi connectivity index (χ0n) is 12.8. The number of nitrogens with zero attached hydrogens (tertiary/aromatic N) is 2. The van der Waals surface area contributed by atoms with Crippen LogP contribution < -0.4 is 5.32 Å². The molecule has 3 heteroatoms. The number of hydrogen-bond acceptors (Lipinski definition) is 2. The third kappa shape index (κ3) is 4.07. The second-order valence-electron chi connectivity index (χ2n) is 6.76. The maximum absolute atomic E-state index is 4.38. The van der Waals surface area contributed by atoms with Gasteiger partial charge in [-0.05, 0) is 24.8 Å². The lowest BCUT2D eigenvalue weighted by Crippen LogP contribution is -2.22. The summed E-state index contributed by atoms with van der Waals surface area (Å²) in [4.78, 5) is 4.38. The summed E-state index contributed by atoms with van der Waals surface area (Å²) in [5.74, 6) is 0.661. The van der Waals surface area contributed by atoms with Crippen LogP contribution in [-0.2, 0) is 6.54 Å². The Morgan fingerprint density at radius 2 is 2.26 bits per heavy atom. The third-order valence-electron chi connectivity index (χ3n) is 4.28. The van der Waals surface area contributed by atoms with E-state index in [9.17, 15) is 0 Å². The second kappa shape index (κ2) is 6.56. The van der Waals surface area contributed by atoms with Gasteiger partial charge in [-0.25, -0.2) is 4.98 Å². The van der Waals surface area contributed by atoms with Crippen LogP contribution in [0.4, 0.5) is 0 Å². The molecule has 0 amide bonds. The van der Waals surface area contributed by atoms with Gasteiger partial charge in [-0.15, -0.1) is 0 Å². The van der Waals surface area contributed by atoms with Crippen LogP contribution in [0.3, 0.4) is 0 Å². The molecule has 0 spiro atoms. The Morgan fingerprint density at radius 3 is 2.95 bits per heavy atom. The fourth-order valence-corrected chi connectivity index (χ4v) is 3.10. The van der Waals surface area contributed by atoms with Gasteiger partial charge in [-0.1, -0.05) is 40.0 Å². The van der Waals surface area contributed by atoms with Crippen LogP contribution in [0.2, 0.25) is 0 Å². The smallest absolute Gasteiger partial charge is 0.0948 e. The van der Waals surface area contributed by atoms with Gasteiger partial charge in [0.05, 0.1) is 6.33 Å². The molecule has 0 aliphatic carbocycles. The molecule has 1 N–H and O–H groups in total. The third-order valence-corrected chi connectivity index (χ3v) is 4.28. The summed E-state index contributed by atoms with van der Waals surface area (Å²) >= 11 is 0. The van der Waals surface area contributed by atoms with Gasteiger partial charge in [-0.2, -0.15) is 0 Å². The molecule has 1 saturated heterocycles. The van der Waals surface area contributed by atoms with E-state index in [1.807, 2.05) is 6.33 Å². The predicted octanol–water partition coefficient (Wildman–Crippen LogP) is 3.57. The first-order valence-corrected chi connectivity index (χ1v) is 7.83. The fraction of sp³-hybridized carbons (Fsp3) is 0.812. The molecule has 2 heterocycles. The van der Waals surface area contributed by atoms with E-state index in [-0.39, 0.29) is 0 Å². The first-order valence-electron chi connectivity index (χ1n) is 7.83. The number of aromatic nitrogens is 2. The van der Waals surface area contributed by atoms with Crippen molar-refractivity contribution in [1.82, 2.24) is 14.9 Å². The molecule has 1 aliphatic heterocycles. The van der Waals surface area contributed by atoms with E-state index in [0.29, 0.717) is 11.3 Å². The molecule has 1 unspecified atom stereocenters. The molecule has 1 fully saturated rings. The molecule has 19 heavy (non-hydrogen) atoms. The Kier molecular flexibility index (Phi) is 5.03. The first kappa shape index (κ1) is 14.6. The second-order valence-corrected chi connectivity index (χ2v) is 6.76. The van der Waals surface area contributed by atoms with E-state index in [0.717, 1.165) is 19.6 Å². The summed E-state index contributed by atoms with van der Waals surface area (Å²) in [5.41, 5.74) is 1.80. The quantitative estimate of drug-likeness (QED) is 0.762. The molecular formula is C16H29N3. The van der Waals surface area contributed by atoms with Gasteiger partial charge in [0.2, 0.25) is 0 Å². The van der Waals surface area contributed by atoms with Crippen molar-refractivity contribution in [3.8, 4) is 0 Å². The van der Waals surface area contributed by atoms with Crippen molar-refractivity contribution in [2.24, 2.45) is 5.41 Å². The van der Waals surface area contributed by atoms with E-state index in [4.69, 9.17) is 0 Å². The molecule has 1 aliphatic rings. The van der Waals surface area contributed by atoms with Gasteiger partial charge in [0, 0.05) is 30.9 Å². The highest BCUT2D eigenvalue weighted by Crippen LogP contribution is 2.29. The summed E-state index contributed by atoms with van der Waals surface area (Å²) in [6, 6.07) is 0. The van der Waals surface area contributed by atoms with E-state index < -0.39 is 0 Å². The number of unbranched alkanes of at least 4 members (excludes halogenated alkanes) is 2. The van der Waals surface area contributed by atoms with E-state index in [1.165, 1.54) is 37.8 Å². The van der Waals surface area contributed by atoms with Crippen LogP contribution in [0.5, 0.6) is 0 Å². The summed E-state index contributed by atoms with van der Waals surface area (Å²) in [7, 11) is 0. The van der Waals surface area contributed by atoms with Crippen molar-refractivity contribution in [1.29, 1.82) is 0 Å². The zero-order valence-corrected chi connectivity index (χ0v) is 12.8. The van der Waals surface area contributed by atoms with Crippen molar-refractivity contribution in [3.05, 3.63) is 18.2 Å². The maximum Gasteiger partial charge on any atom is 0.0948 e. The zero-order chi connectivity index (χ0) is 13.7. The maximum atomic E-state index is 4.38. The number of rotatable bonds is 7. The summed E-state index contributed by atoms with van der Waals surface area (Å²) in [6.07, 6.45) is 10.7. The van der Waals surface area contributed by atoms with Crippen LogP contribution in [0, 0.1) is 5.41 Å². The SMILES string of the molecule is CCCCCC(C)(C)Cn1cncc1C1CCNC1. The van der Waals surface area contributed by atoms with Crippen molar-refractivity contribution in [3.63, 3.8) is 0 Å². The standard InChI is InChI=1S/C16H29N3/c1-4-5-6-8-16(2,3)12-19-13-18-11-15(19)14-7-9-17-10-14/h11,13-14,17H,4-10,12H2,1-3H3. The van der Waals surface area contributed by atoms with Crippen LogP contribution in [0.25, 0.3) is 0 Å². The molecule has 3 nitrogen and oxygen atoms in total. The van der Waals surface area contributed by atoms with Gasteiger partial charge >= 0.3 is 0 Å². The largest absolute Gasteiger partial charge is 0.334 e. The summed E-state index contributed by atoms with van der Waals surface area (Å²) in [6.45, 7) is 10.4. The number of hydrogen-bond donors (Lipinski definition) is 1. The normalized spacial score (nSPS) is 20.1. The monoisotopic (exact) mass is 263 g/mol. The minimum absolute atomic E-state index is 0.372. The average Bonchev–Trinajstić information content (AvgIpc) is 2.98. The van der Waals surface area contributed by atoms with Crippen molar-refractivity contribution in [2.75, 3.05) is 13.1 Å². The summed E-state index contributed by atoms with van der Waals surface area (Å²) in [5, 5.41) is 3.45. The highest BCUT2D eigenvalue weighted by Gasteiger charge is 2.24. The van der Waals surface area contributed by atoms with Gasteiger partial charge in [-0.3, -0.25) is 0 Å². The molecule has 0 saturated carbocycles. The van der Waals surface area contributed by atoms with E-state index in [2.05, 4.69) is 41.8 Å². The van der Waals surface area contributed by atoms with Crippen molar-refractivity contribution < 1.29 is 0 Å². The lowest BCUT2D eigenvalue weighted by Gasteiger charge is -2.27. The highest BCUT2D eigenvalue weighted by atomic mass is 15.1. The Hall–Kier alpha value is -0.830. The fourth-order valence-electron chi connectivity index (χ4n) is 3.10. The Labute approximate surface area is 117 Å². The number of imidazole rings is 1. The highest BCUT2D eigenvalue weighted by molar-refractivity contribution is 5.09. The lowest BCUT2D eigenvalue weighted by atomic mass is 9.86. The van der Waals surface area contributed by atoms with Crippen LogP contribution in [-0.4, -0.2) is 22.6 Å². The van der Waals surface area contributed by atoms with Crippen LogP contribution in [0.15, 0.2) is 12.5 Å². The number of nitrogens with one attached hydrogen (secondary N) is 1. The van der Waals surface area contributed by atoms with Gasteiger partial charge in [0.25, 0.3) is 0 Å². The average molecular weight is 263 g/mol. The van der Waals surface area contributed by atoms with Gasteiger partial charge in [0.1, 0.15) is 0 Å². The molecule has 1 aromatic rings. The molecule has 108 valence electrons. The van der Waals surface area contributed by atoms with Crippen LogP contribution >= 0.6 is 0 Å². The molecule has 1 aromatic heterocycles. The van der Waals surface area contributed by atoms with Crippen LogP contribution in [0.1, 0.15) is 64.5 Å². The first-order chi connectivity index (χ1) is 9.12. The summed E-state index contributed by atoms with van der Waals surface area (Å²) < 4.78 is 2.39. The molecule has 0 radical (unpaired) electrons. The predicted molar refractivity (Wildman–Crippen MR) is 80.4 cm³/mol. The van der Waals surface area contributed by atoms with Gasteiger partial charge in [0.15, 0.2) is 0 Å².